The van der Waals surface area contributed by atoms with E-state index in [2.05, 4.69) is 28.9 Å². The summed E-state index contributed by atoms with van der Waals surface area (Å²) in [4.78, 5) is 15.6. The van der Waals surface area contributed by atoms with Gasteiger partial charge in [0.25, 0.3) is 0 Å². The van der Waals surface area contributed by atoms with Crippen molar-refractivity contribution in [2.45, 2.75) is 82.8 Å². The molecular formula is C31H41BrN2O4. The summed E-state index contributed by atoms with van der Waals surface area (Å²) in [6, 6.07) is 12.3. The molecule has 2 aromatic carbocycles. The van der Waals surface area contributed by atoms with Gasteiger partial charge in [-0.05, 0) is 83.1 Å². The lowest BCUT2D eigenvalue weighted by molar-refractivity contribution is 0.0439. The van der Waals surface area contributed by atoms with Crippen LogP contribution >= 0.6 is 15.9 Å². The second-order valence-corrected chi connectivity index (χ2v) is 11.8. The SMILES string of the molecule is CCCCOc1cc2c(c(Br)c1OCCN)C[C@H]1C3CCCC[C@@]23CCCN1C(=O)OCc1ccccc1. The number of amides is 1. The molecule has 1 saturated heterocycles. The van der Waals surface area contributed by atoms with Gasteiger partial charge >= 0.3 is 6.09 Å². The molecule has 1 aliphatic heterocycles. The molecule has 6 nitrogen and oxygen atoms in total. The summed E-state index contributed by atoms with van der Waals surface area (Å²) < 4.78 is 19.3. The molecule has 38 heavy (non-hydrogen) atoms. The highest BCUT2D eigenvalue weighted by molar-refractivity contribution is 9.10. The maximum Gasteiger partial charge on any atom is 0.410 e. The minimum Gasteiger partial charge on any atom is -0.490 e. The molecule has 1 unspecified atom stereocenters. The average Bonchev–Trinajstić information content (AvgIpc) is 3.07. The summed E-state index contributed by atoms with van der Waals surface area (Å²) in [5, 5.41) is 0. The third kappa shape index (κ3) is 5.29. The maximum absolute atomic E-state index is 13.5. The first-order chi connectivity index (χ1) is 18.6. The number of carbonyl (C=O) groups excluding carboxylic acids is 1. The summed E-state index contributed by atoms with van der Waals surface area (Å²) in [5.41, 5.74) is 9.51. The molecule has 0 spiro atoms. The van der Waals surface area contributed by atoms with Crippen molar-refractivity contribution < 1.29 is 19.0 Å². The second-order valence-electron chi connectivity index (χ2n) is 11.0. The molecule has 1 heterocycles. The number of fused-ring (bicyclic) bond motifs is 1. The van der Waals surface area contributed by atoms with Crippen LogP contribution in [0.1, 0.15) is 75.0 Å². The Hall–Kier alpha value is -2.25. The number of halogens is 1. The number of unbranched alkanes of at least 4 members (excludes halogenated alkanes) is 1. The van der Waals surface area contributed by atoms with Crippen molar-refractivity contribution in [3.05, 3.63) is 57.6 Å². The zero-order valence-corrected chi connectivity index (χ0v) is 24.1. The van der Waals surface area contributed by atoms with Gasteiger partial charge in [-0.3, -0.25) is 0 Å². The molecule has 3 atom stereocenters. The number of benzene rings is 2. The summed E-state index contributed by atoms with van der Waals surface area (Å²) in [6.07, 6.45) is 9.45. The Bertz CT molecular complexity index is 1110. The van der Waals surface area contributed by atoms with Crippen molar-refractivity contribution in [2.24, 2.45) is 11.7 Å². The predicted octanol–water partition coefficient (Wildman–Crippen LogP) is 6.75. The van der Waals surface area contributed by atoms with Crippen molar-refractivity contribution >= 4 is 22.0 Å². The Labute approximate surface area is 235 Å². The van der Waals surface area contributed by atoms with Crippen molar-refractivity contribution in [1.82, 2.24) is 4.90 Å². The minimum atomic E-state index is -0.195. The first-order valence-electron chi connectivity index (χ1n) is 14.4. The van der Waals surface area contributed by atoms with Crippen LogP contribution in [0.25, 0.3) is 0 Å². The van der Waals surface area contributed by atoms with E-state index in [1.54, 1.807) is 0 Å². The van der Waals surface area contributed by atoms with E-state index in [9.17, 15) is 4.79 Å². The van der Waals surface area contributed by atoms with Gasteiger partial charge in [-0.1, -0.05) is 56.5 Å². The topological polar surface area (TPSA) is 74.0 Å². The molecule has 2 fully saturated rings. The molecule has 0 aromatic heterocycles. The number of likely N-dealkylation sites (tertiary alicyclic amines) is 1. The molecule has 3 aliphatic rings. The van der Waals surface area contributed by atoms with Crippen LogP contribution in [0.4, 0.5) is 4.79 Å². The first-order valence-corrected chi connectivity index (χ1v) is 15.2. The van der Waals surface area contributed by atoms with Crippen LogP contribution in [0.3, 0.4) is 0 Å². The quantitative estimate of drug-likeness (QED) is 0.330. The molecule has 7 heteroatoms. The van der Waals surface area contributed by atoms with E-state index in [-0.39, 0.29) is 17.6 Å². The van der Waals surface area contributed by atoms with Gasteiger partial charge in [0.1, 0.15) is 13.2 Å². The van der Waals surface area contributed by atoms with E-state index in [1.165, 1.54) is 24.0 Å². The molecule has 0 radical (unpaired) electrons. The first kappa shape index (κ1) is 27.3. The van der Waals surface area contributed by atoms with E-state index < -0.39 is 0 Å². The maximum atomic E-state index is 13.5. The number of rotatable bonds is 9. The molecule has 2 aliphatic carbocycles. The van der Waals surface area contributed by atoms with Crippen LogP contribution in [0.5, 0.6) is 11.5 Å². The number of hydrogen-bond donors (Lipinski definition) is 1. The lowest BCUT2D eigenvalue weighted by Crippen LogP contribution is -2.54. The average molecular weight is 586 g/mol. The number of hydrogen-bond acceptors (Lipinski definition) is 5. The molecular weight excluding hydrogens is 544 g/mol. The van der Waals surface area contributed by atoms with Crippen LogP contribution in [0.15, 0.2) is 40.9 Å². The number of nitrogens with zero attached hydrogens (tertiary/aromatic N) is 1. The molecule has 206 valence electrons. The molecule has 5 rings (SSSR count). The Morgan fingerprint density at radius 3 is 2.74 bits per heavy atom. The summed E-state index contributed by atoms with van der Waals surface area (Å²) in [5.74, 6) is 1.98. The standard InChI is InChI=1S/C31H41BrN2O4/c1-2-3-17-36-27-20-25-23(28(32)29(27)37-18-15-33)19-26-24-12-7-8-13-31(24,25)14-9-16-34(26)30(35)38-21-22-10-5-4-6-11-22/h4-6,10-11,20,24,26H,2-3,7-9,12-19,21,33H2,1H3/t24?,26-,31-/m0/s1. The van der Waals surface area contributed by atoms with Crippen LogP contribution < -0.4 is 15.2 Å². The lowest BCUT2D eigenvalue weighted by Gasteiger charge is -2.52. The Kier molecular flexibility index (Phi) is 8.84. The van der Waals surface area contributed by atoms with Crippen LogP contribution in [0, 0.1) is 5.92 Å². The lowest BCUT2D eigenvalue weighted by atomic mass is 9.54. The summed E-state index contributed by atoms with van der Waals surface area (Å²) >= 11 is 3.94. The van der Waals surface area contributed by atoms with Gasteiger partial charge in [-0.15, -0.1) is 0 Å². The van der Waals surface area contributed by atoms with E-state index in [1.807, 2.05) is 35.2 Å². The summed E-state index contributed by atoms with van der Waals surface area (Å²) in [7, 11) is 0. The monoisotopic (exact) mass is 584 g/mol. The third-order valence-electron chi connectivity index (χ3n) is 8.78. The minimum absolute atomic E-state index is 0.0444. The van der Waals surface area contributed by atoms with Crippen molar-refractivity contribution in [3.63, 3.8) is 0 Å². The number of nitrogens with two attached hydrogens (primary N) is 1. The number of carbonyl (C=O) groups is 1. The third-order valence-corrected chi connectivity index (χ3v) is 9.62. The van der Waals surface area contributed by atoms with Gasteiger partial charge in [-0.2, -0.15) is 0 Å². The molecule has 2 N–H and O–H groups in total. The zero-order valence-electron chi connectivity index (χ0n) is 22.6. The van der Waals surface area contributed by atoms with Gasteiger partial charge in [0.2, 0.25) is 0 Å². The van der Waals surface area contributed by atoms with E-state index in [0.29, 0.717) is 32.3 Å². The number of ether oxygens (including phenoxy) is 3. The highest BCUT2D eigenvalue weighted by atomic mass is 79.9. The smallest absolute Gasteiger partial charge is 0.410 e. The highest BCUT2D eigenvalue weighted by Crippen LogP contribution is 2.58. The van der Waals surface area contributed by atoms with Gasteiger partial charge in [0.05, 0.1) is 11.1 Å². The fourth-order valence-electron chi connectivity index (χ4n) is 7.07. The second kappa shape index (κ2) is 12.3. The van der Waals surface area contributed by atoms with Crippen molar-refractivity contribution in [2.75, 3.05) is 26.3 Å². The Morgan fingerprint density at radius 2 is 1.95 bits per heavy atom. The van der Waals surface area contributed by atoms with Crippen LogP contribution in [-0.4, -0.2) is 43.3 Å². The predicted molar refractivity (Wildman–Crippen MR) is 153 cm³/mol. The van der Waals surface area contributed by atoms with Gasteiger partial charge in [-0.25, -0.2) is 4.79 Å². The summed E-state index contributed by atoms with van der Waals surface area (Å²) in [6.45, 7) is 4.74. The molecule has 2 bridgehead atoms. The van der Waals surface area contributed by atoms with Crippen LogP contribution in [0.2, 0.25) is 0 Å². The Morgan fingerprint density at radius 1 is 1.13 bits per heavy atom. The van der Waals surface area contributed by atoms with Crippen LogP contribution in [-0.2, 0) is 23.2 Å². The highest BCUT2D eigenvalue weighted by Gasteiger charge is 2.54. The van der Waals surface area contributed by atoms with Gasteiger partial charge in [0, 0.05) is 24.5 Å². The van der Waals surface area contributed by atoms with E-state index in [4.69, 9.17) is 19.9 Å². The largest absolute Gasteiger partial charge is 0.490 e. The fraction of sp³-hybridized carbons (Fsp3) is 0.581. The zero-order chi connectivity index (χ0) is 26.5. The molecule has 1 amide bonds. The molecule has 1 saturated carbocycles. The van der Waals surface area contributed by atoms with E-state index in [0.717, 1.165) is 73.0 Å². The van der Waals surface area contributed by atoms with Crippen molar-refractivity contribution in [3.8, 4) is 11.5 Å². The normalized spacial score (nSPS) is 24.1. The van der Waals surface area contributed by atoms with Gasteiger partial charge in [0.15, 0.2) is 11.5 Å². The Balaban J connectivity index is 1.51. The van der Waals surface area contributed by atoms with Crippen molar-refractivity contribution in [1.29, 1.82) is 0 Å². The van der Waals surface area contributed by atoms with Gasteiger partial charge < -0.3 is 24.8 Å². The van der Waals surface area contributed by atoms with E-state index >= 15 is 0 Å². The molecule has 2 aromatic rings. The fourth-order valence-corrected chi connectivity index (χ4v) is 7.75.